The summed E-state index contributed by atoms with van der Waals surface area (Å²) in [5, 5.41) is 0. The highest BCUT2D eigenvalue weighted by molar-refractivity contribution is 7.91. The Labute approximate surface area is 108 Å². The van der Waals surface area contributed by atoms with Gasteiger partial charge in [-0.15, -0.1) is 0 Å². The highest BCUT2D eigenvalue weighted by Crippen LogP contribution is 2.19. The largest absolute Gasteiger partial charge is 0.398 e. The summed E-state index contributed by atoms with van der Waals surface area (Å²) < 4.78 is 48.5. The number of nitrogens with zero attached hydrogens (tertiary/aromatic N) is 1. The molecule has 0 bridgehead atoms. The number of rotatable bonds is 1. The van der Waals surface area contributed by atoms with Crippen molar-refractivity contribution in [3.63, 3.8) is 0 Å². The van der Waals surface area contributed by atoms with Gasteiger partial charge in [0.1, 0.15) is 0 Å². The van der Waals surface area contributed by atoms with Crippen molar-refractivity contribution in [3.05, 3.63) is 29.3 Å². The number of benzene rings is 1. The molecule has 0 spiro atoms. The normalized spacial score (nSPS) is 18.3. The van der Waals surface area contributed by atoms with Crippen molar-refractivity contribution in [1.29, 1.82) is 0 Å². The molecule has 19 heavy (non-hydrogen) atoms. The van der Waals surface area contributed by atoms with Gasteiger partial charge in [0.25, 0.3) is 5.91 Å². The molecular formula is C11H12F2N2O3S. The van der Waals surface area contributed by atoms with Gasteiger partial charge in [0, 0.05) is 24.8 Å². The zero-order chi connectivity index (χ0) is 14.2. The molecule has 2 rings (SSSR count). The zero-order valence-electron chi connectivity index (χ0n) is 9.90. The summed E-state index contributed by atoms with van der Waals surface area (Å²) in [5.41, 5.74) is 5.16. The summed E-state index contributed by atoms with van der Waals surface area (Å²) in [4.78, 5) is 13.3. The maximum atomic E-state index is 13.1. The molecule has 0 unspecified atom stereocenters. The third-order valence-corrected chi connectivity index (χ3v) is 4.56. The van der Waals surface area contributed by atoms with Crippen LogP contribution < -0.4 is 5.73 Å². The first-order chi connectivity index (χ1) is 8.80. The van der Waals surface area contributed by atoms with Crippen LogP contribution in [0.15, 0.2) is 12.1 Å². The Bertz CT molecular complexity index is 617. The van der Waals surface area contributed by atoms with Crippen LogP contribution in [-0.4, -0.2) is 43.8 Å². The lowest BCUT2D eigenvalue weighted by molar-refractivity contribution is 0.0770. The van der Waals surface area contributed by atoms with Gasteiger partial charge in [-0.1, -0.05) is 0 Å². The molecule has 1 amide bonds. The van der Waals surface area contributed by atoms with Crippen LogP contribution in [0.1, 0.15) is 10.4 Å². The van der Waals surface area contributed by atoms with Crippen LogP contribution in [0.4, 0.5) is 14.5 Å². The van der Waals surface area contributed by atoms with Crippen molar-refractivity contribution in [3.8, 4) is 0 Å². The minimum Gasteiger partial charge on any atom is -0.398 e. The predicted molar refractivity (Wildman–Crippen MR) is 65.3 cm³/mol. The van der Waals surface area contributed by atoms with Gasteiger partial charge >= 0.3 is 0 Å². The summed E-state index contributed by atoms with van der Waals surface area (Å²) in [5.74, 6) is -3.16. The van der Waals surface area contributed by atoms with Crippen LogP contribution in [0, 0.1) is 11.6 Å². The van der Waals surface area contributed by atoms with Gasteiger partial charge in [-0.25, -0.2) is 17.2 Å². The summed E-state index contributed by atoms with van der Waals surface area (Å²) in [6, 6.07) is 1.47. The van der Waals surface area contributed by atoms with Crippen LogP contribution >= 0.6 is 0 Å². The summed E-state index contributed by atoms with van der Waals surface area (Å²) in [6.07, 6.45) is 0. The number of nitrogen functional groups attached to an aromatic ring is 1. The van der Waals surface area contributed by atoms with E-state index in [2.05, 4.69) is 0 Å². The second-order valence-corrected chi connectivity index (χ2v) is 6.60. The Kier molecular flexibility index (Phi) is 3.44. The maximum Gasteiger partial charge on any atom is 0.256 e. The van der Waals surface area contributed by atoms with E-state index < -0.39 is 27.4 Å². The maximum absolute atomic E-state index is 13.1. The molecule has 0 radical (unpaired) electrons. The lowest BCUT2D eigenvalue weighted by atomic mass is 10.1. The fourth-order valence-corrected chi connectivity index (χ4v) is 3.03. The molecule has 0 aliphatic carbocycles. The second kappa shape index (κ2) is 4.76. The van der Waals surface area contributed by atoms with Gasteiger partial charge in [0.05, 0.1) is 17.1 Å². The number of carbonyl (C=O) groups is 1. The lowest BCUT2D eigenvalue weighted by Crippen LogP contribution is -2.44. The molecule has 0 saturated carbocycles. The third-order valence-electron chi connectivity index (χ3n) is 2.95. The molecule has 2 N–H and O–H groups in total. The number of nitrogens with two attached hydrogens (primary N) is 1. The van der Waals surface area contributed by atoms with Gasteiger partial charge < -0.3 is 10.6 Å². The Hall–Kier alpha value is -1.70. The van der Waals surface area contributed by atoms with Crippen molar-refractivity contribution in [2.45, 2.75) is 0 Å². The molecule has 0 aromatic heterocycles. The van der Waals surface area contributed by atoms with Gasteiger partial charge in [-0.3, -0.25) is 4.79 Å². The summed E-state index contributed by atoms with van der Waals surface area (Å²) in [7, 11) is -3.12. The van der Waals surface area contributed by atoms with Crippen molar-refractivity contribution in [2.24, 2.45) is 0 Å². The average molecular weight is 290 g/mol. The summed E-state index contributed by atoms with van der Waals surface area (Å²) >= 11 is 0. The van der Waals surface area contributed by atoms with Crippen molar-refractivity contribution < 1.29 is 22.0 Å². The third kappa shape index (κ3) is 2.83. The first-order valence-electron chi connectivity index (χ1n) is 5.54. The van der Waals surface area contributed by atoms with E-state index in [1.165, 1.54) is 4.90 Å². The van der Waals surface area contributed by atoms with Gasteiger partial charge in [-0.2, -0.15) is 0 Å². The van der Waals surface area contributed by atoms with Crippen LogP contribution in [-0.2, 0) is 9.84 Å². The van der Waals surface area contributed by atoms with E-state index in [9.17, 15) is 22.0 Å². The van der Waals surface area contributed by atoms with Gasteiger partial charge in [0.2, 0.25) is 0 Å². The Balaban J connectivity index is 2.24. The van der Waals surface area contributed by atoms with E-state index >= 15 is 0 Å². The van der Waals surface area contributed by atoms with Crippen LogP contribution in [0.3, 0.4) is 0 Å². The highest BCUT2D eigenvalue weighted by atomic mass is 32.2. The second-order valence-electron chi connectivity index (χ2n) is 4.30. The van der Waals surface area contributed by atoms with E-state index in [1.807, 2.05) is 0 Å². The van der Waals surface area contributed by atoms with Crippen molar-refractivity contribution in [2.75, 3.05) is 30.3 Å². The molecular weight excluding hydrogens is 278 g/mol. The molecule has 1 aromatic rings. The van der Waals surface area contributed by atoms with E-state index in [4.69, 9.17) is 5.73 Å². The van der Waals surface area contributed by atoms with Crippen LogP contribution in [0.25, 0.3) is 0 Å². The number of anilines is 1. The number of hydrogen-bond acceptors (Lipinski definition) is 4. The lowest BCUT2D eigenvalue weighted by Gasteiger charge is -2.27. The first-order valence-corrected chi connectivity index (χ1v) is 7.36. The molecule has 8 heteroatoms. The fraction of sp³-hybridized carbons (Fsp3) is 0.364. The fourth-order valence-electron chi connectivity index (χ4n) is 1.83. The molecule has 1 aromatic carbocycles. The predicted octanol–water partition coefficient (Wildman–Crippen LogP) is 0.418. The van der Waals surface area contributed by atoms with E-state index in [1.54, 1.807) is 0 Å². The Morgan fingerprint density at radius 3 is 2.26 bits per heavy atom. The number of amides is 1. The van der Waals surface area contributed by atoms with Crippen LogP contribution in [0.5, 0.6) is 0 Å². The highest BCUT2D eigenvalue weighted by Gasteiger charge is 2.27. The van der Waals surface area contributed by atoms with Gasteiger partial charge in [0.15, 0.2) is 21.5 Å². The molecule has 5 nitrogen and oxygen atoms in total. The Morgan fingerprint density at radius 2 is 1.68 bits per heavy atom. The minimum atomic E-state index is -3.12. The average Bonchev–Trinajstić information content (AvgIpc) is 2.33. The summed E-state index contributed by atoms with van der Waals surface area (Å²) in [6.45, 7) is 0.0548. The standard InChI is InChI=1S/C11H12F2N2O3S/c12-8-5-7(10(14)6-9(8)13)11(16)15-1-3-19(17,18)4-2-15/h5-6H,1-4,14H2. The topological polar surface area (TPSA) is 80.5 Å². The zero-order valence-corrected chi connectivity index (χ0v) is 10.7. The number of halogens is 2. The molecule has 104 valence electrons. The minimum absolute atomic E-state index is 0.0274. The van der Waals surface area contributed by atoms with E-state index in [0.29, 0.717) is 0 Å². The quantitative estimate of drug-likeness (QED) is 0.760. The molecule has 1 aliphatic rings. The molecule has 1 saturated heterocycles. The first kappa shape index (κ1) is 13.7. The number of hydrogen-bond donors (Lipinski definition) is 1. The number of carbonyl (C=O) groups excluding carboxylic acids is 1. The smallest absolute Gasteiger partial charge is 0.256 e. The van der Waals surface area contributed by atoms with E-state index in [-0.39, 0.29) is 35.8 Å². The number of sulfone groups is 1. The SMILES string of the molecule is Nc1cc(F)c(F)cc1C(=O)N1CCS(=O)(=O)CC1. The molecule has 1 fully saturated rings. The van der Waals surface area contributed by atoms with E-state index in [0.717, 1.165) is 12.1 Å². The molecule has 0 atom stereocenters. The molecule has 1 aliphatic heterocycles. The van der Waals surface area contributed by atoms with Gasteiger partial charge in [-0.05, 0) is 6.07 Å². The molecule has 1 heterocycles. The monoisotopic (exact) mass is 290 g/mol. The van der Waals surface area contributed by atoms with Crippen molar-refractivity contribution in [1.82, 2.24) is 4.90 Å². The van der Waals surface area contributed by atoms with Crippen LogP contribution in [0.2, 0.25) is 0 Å². The van der Waals surface area contributed by atoms with Crippen molar-refractivity contribution >= 4 is 21.4 Å². The Morgan fingerprint density at radius 1 is 1.16 bits per heavy atom.